The predicted molar refractivity (Wildman–Crippen MR) is 93.9 cm³/mol. The van der Waals surface area contributed by atoms with E-state index in [1.807, 2.05) is 26.0 Å². The van der Waals surface area contributed by atoms with E-state index in [0.717, 1.165) is 11.1 Å². The van der Waals surface area contributed by atoms with Crippen LogP contribution in [0.2, 0.25) is 0 Å². The maximum absolute atomic E-state index is 12.5. The third-order valence-corrected chi connectivity index (χ3v) is 5.04. The van der Waals surface area contributed by atoms with Crippen molar-refractivity contribution in [2.45, 2.75) is 45.6 Å². The van der Waals surface area contributed by atoms with Gasteiger partial charge in [-0.1, -0.05) is 0 Å². The van der Waals surface area contributed by atoms with Crippen LogP contribution in [0.15, 0.2) is 12.1 Å². The van der Waals surface area contributed by atoms with E-state index < -0.39 is 5.97 Å². The highest BCUT2D eigenvalue weighted by Gasteiger charge is 2.30. The van der Waals surface area contributed by atoms with E-state index in [1.54, 1.807) is 14.2 Å². The number of rotatable bonds is 6. The fourth-order valence-corrected chi connectivity index (χ4v) is 3.47. The molecular formula is C19H27NO5. The molecule has 1 aromatic rings. The number of methoxy groups -OCH3 is 2. The summed E-state index contributed by atoms with van der Waals surface area (Å²) in [5.41, 5.74) is 1.99. The summed E-state index contributed by atoms with van der Waals surface area (Å²) < 4.78 is 10.6. The molecule has 0 spiro atoms. The first-order valence-corrected chi connectivity index (χ1v) is 8.63. The molecule has 1 aliphatic rings. The van der Waals surface area contributed by atoms with Crippen LogP contribution in [0.4, 0.5) is 0 Å². The molecular weight excluding hydrogens is 322 g/mol. The van der Waals surface area contributed by atoms with Gasteiger partial charge in [0.15, 0.2) is 11.5 Å². The molecule has 2 rings (SSSR count). The SMILES string of the molecule is COc1cc(C)c(C(C)NC(=O)C2CCC(C(=O)O)CC2)cc1OC. The lowest BCUT2D eigenvalue weighted by molar-refractivity contribution is -0.144. The lowest BCUT2D eigenvalue weighted by Gasteiger charge is -2.27. The number of ether oxygens (including phenoxy) is 2. The average molecular weight is 349 g/mol. The van der Waals surface area contributed by atoms with Gasteiger partial charge < -0.3 is 19.9 Å². The van der Waals surface area contributed by atoms with Gasteiger partial charge in [-0.15, -0.1) is 0 Å². The summed E-state index contributed by atoms with van der Waals surface area (Å²) in [5.74, 6) is 0.104. The fourth-order valence-electron chi connectivity index (χ4n) is 3.47. The highest BCUT2D eigenvalue weighted by Crippen LogP contribution is 2.34. The Morgan fingerprint density at radius 1 is 1.08 bits per heavy atom. The normalized spacial score (nSPS) is 21.3. The van der Waals surface area contributed by atoms with Crippen LogP contribution in [0, 0.1) is 18.8 Å². The van der Waals surface area contributed by atoms with Crippen LogP contribution < -0.4 is 14.8 Å². The van der Waals surface area contributed by atoms with Gasteiger partial charge in [0.1, 0.15) is 0 Å². The molecule has 1 aliphatic carbocycles. The van der Waals surface area contributed by atoms with Crippen molar-refractivity contribution < 1.29 is 24.2 Å². The summed E-state index contributed by atoms with van der Waals surface area (Å²) in [6.07, 6.45) is 2.38. The molecule has 1 amide bonds. The van der Waals surface area contributed by atoms with E-state index in [2.05, 4.69) is 5.32 Å². The number of carbonyl (C=O) groups excluding carboxylic acids is 1. The zero-order valence-electron chi connectivity index (χ0n) is 15.3. The lowest BCUT2D eigenvalue weighted by Crippen LogP contribution is -2.36. The van der Waals surface area contributed by atoms with Gasteiger partial charge in [-0.05, 0) is 62.8 Å². The van der Waals surface area contributed by atoms with E-state index >= 15 is 0 Å². The van der Waals surface area contributed by atoms with Crippen molar-refractivity contribution in [3.63, 3.8) is 0 Å². The van der Waals surface area contributed by atoms with Gasteiger partial charge >= 0.3 is 5.97 Å². The Balaban J connectivity index is 2.03. The smallest absolute Gasteiger partial charge is 0.306 e. The van der Waals surface area contributed by atoms with Crippen molar-refractivity contribution in [2.75, 3.05) is 14.2 Å². The number of carbonyl (C=O) groups is 2. The Hall–Kier alpha value is -2.24. The minimum atomic E-state index is -0.756. The van der Waals surface area contributed by atoms with E-state index in [1.165, 1.54) is 0 Å². The number of carboxylic acids is 1. The monoisotopic (exact) mass is 349 g/mol. The molecule has 1 unspecified atom stereocenters. The number of aliphatic carboxylic acids is 1. The molecule has 1 aromatic carbocycles. The standard InChI is InChI=1S/C19H27NO5/c1-11-9-16(24-3)17(25-4)10-15(11)12(2)20-18(21)13-5-7-14(8-6-13)19(22)23/h9-10,12-14H,5-8H2,1-4H3,(H,20,21)(H,22,23). The number of amides is 1. The first-order chi connectivity index (χ1) is 11.9. The summed E-state index contributed by atoms with van der Waals surface area (Å²) in [7, 11) is 3.18. The van der Waals surface area contributed by atoms with Crippen LogP contribution in [0.5, 0.6) is 11.5 Å². The number of carboxylic acid groups (broad SMARTS) is 1. The Bertz CT molecular complexity index is 635. The largest absolute Gasteiger partial charge is 0.493 e. The molecule has 0 heterocycles. The molecule has 2 N–H and O–H groups in total. The molecule has 1 atom stereocenters. The topological polar surface area (TPSA) is 84.9 Å². The van der Waals surface area contributed by atoms with Crippen molar-refractivity contribution in [3.8, 4) is 11.5 Å². The van der Waals surface area contributed by atoms with Crippen LogP contribution >= 0.6 is 0 Å². The highest BCUT2D eigenvalue weighted by atomic mass is 16.5. The predicted octanol–water partition coefficient (Wildman–Crippen LogP) is 3.08. The van der Waals surface area contributed by atoms with Crippen LogP contribution in [-0.2, 0) is 9.59 Å². The third-order valence-electron chi connectivity index (χ3n) is 5.04. The van der Waals surface area contributed by atoms with E-state index in [0.29, 0.717) is 37.2 Å². The van der Waals surface area contributed by atoms with E-state index in [-0.39, 0.29) is 23.8 Å². The zero-order valence-corrected chi connectivity index (χ0v) is 15.3. The number of aryl methyl sites for hydroxylation is 1. The number of hydrogen-bond donors (Lipinski definition) is 2. The Kier molecular flexibility index (Phi) is 6.28. The molecule has 0 aliphatic heterocycles. The van der Waals surface area contributed by atoms with Crippen molar-refractivity contribution in [2.24, 2.45) is 11.8 Å². The average Bonchev–Trinajstić information content (AvgIpc) is 2.61. The molecule has 6 heteroatoms. The van der Waals surface area contributed by atoms with Crippen LogP contribution in [0.1, 0.15) is 49.8 Å². The number of hydrogen-bond acceptors (Lipinski definition) is 4. The molecule has 0 bridgehead atoms. The molecule has 138 valence electrons. The summed E-state index contributed by atoms with van der Waals surface area (Å²) >= 11 is 0. The maximum Gasteiger partial charge on any atom is 0.306 e. The van der Waals surface area contributed by atoms with Gasteiger partial charge in [0.05, 0.1) is 26.2 Å². The first kappa shape index (κ1) is 19.1. The summed E-state index contributed by atoms with van der Waals surface area (Å²) in [4.78, 5) is 23.6. The molecule has 0 saturated heterocycles. The Morgan fingerprint density at radius 2 is 1.60 bits per heavy atom. The first-order valence-electron chi connectivity index (χ1n) is 8.63. The van der Waals surface area contributed by atoms with Crippen LogP contribution in [0.3, 0.4) is 0 Å². The lowest BCUT2D eigenvalue weighted by atomic mass is 9.81. The quantitative estimate of drug-likeness (QED) is 0.824. The molecule has 6 nitrogen and oxygen atoms in total. The van der Waals surface area contributed by atoms with Gasteiger partial charge in [-0.25, -0.2) is 0 Å². The summed E-state index contributed by atoms with van der Waals surface area (Å²) in [5, 5.41) is 12.1. The van der Waals surface area contributed by atoms with Gasteiger partial charge in [0.25, 0.3) is 0 Å². The van der Waals surface area contributed by atoms with E-state index in [9.17, 15) is 9.59 Å². The maximum atomic E-state index is 12.5. The van der Waals surface area contributed by atoms with E-state index in [4.69, 9.17) is 14.6 Å². The van der Waals surface area contributed by atoms with Crippen molar-refractivity contribution in [3.05, 3.63) is 23.3 Å². The Morgan fingerprint density at radius 3 is 2.12 bits per heavy atom. The fraction of sp³-hybridized carbons (Fsp3) is 0.579. The van der Waals surface area contributed by atoms with Gasteiger partial charge in [0.2, 0.25) is 5.91 Å². The minimum Gasteiger partial charge on any atom is -0.493 e. The van der Waals surface area contributed by atoms with Crippen molar-refractivity contribution in [1.82, 2.24) is 5.32 Å². The highest BCUT2D eigenvalue weighted by molar-refractivity contribution is 5.79. The second-order valence-corrected chi connectivity index (χ2v) is 6.68. The van der Waals surface area contributed by atoms with Crippen molar-refractivity contribution in [1.29, 1.82) is 0 Å². The number of benzene rings is 1. The minimum absolute atomic E-state index is 0.00877. The van der Waals surface area contributed by atoms with Gasteiger partial charge in [-0.3, -0.25) is 9.59 Å². The second kappa shape index (κ2) is 8.23. The van der Waals surface area contributed by atoms with Gasteiger partial charge in [0, 0.05) is 5.92 Å². The van der Waals surface area contributed by atoms with Crippen LogP contribution in [-0.4, -0.2) is 31.2 Å². The molecule has 25 heavy (non-hydrogen) atoms. The zero-order chi connectivity index (χ0) is 18.6. The van der Waals surface area contributed by atoms with Crippen molar-refractivity contribution >= 4 is 11.9 Å². The summed E-state index contributed by atoms with van der Waals surface area (Å²) in [6, 6.07) is 3.62. The molecule has 0 aromatic heterocycles. The van der Waals surface area contributed by atoms with Gasteiger partial charge in [-0.2, -0.15) is 0 Å². The number of nitrogens with one attached hydrogen (secondary N) is 1. The molecule has 0 radical (unpaired) electrons. The Labute approximate surface area is 148 Å². The van der Waals surface area contributed by atoms with Crippen LogP contribution in [0.25, 0.3) is 0 Å². The summed E-state index contributed by atoms with van der Waals surface area (Å²) in [6.45, 7) is 3.91. The molecule has 1 saturated carbocycles. The molecule has 1 fully saturated rings. The third kappa shape index (κ3) is 4.44. The second-order valence-electron chi connectivity index (χ2n) is 6.68.